The third kappa shape index (κ3) is 5.17. The Morgan fingerprint density at radius 3 is 2.73 bits per heavy atom. The summed E-state index contributed by atoms with van der Waals surface area (Å²) in [7, 11) is 1.80. The van der Waals surface area contributed by atoms with Crippen LogP contribution in [0, 0.1) is 5.92 Å². The van der Waals surface area contributed by atoms with Crippen molar-refractivity contribution in [1.82, 2.24) is 15.1 Å². The maximum Gasteiger partial charge on any atom is 0.242 e. The van der Waals surface area contributed by atoms with Crippen LogP contribution in [0.15, 0.2) is 46.8 Å². The molecule has 1 aromatic carbocycles. The molecule has 1 saturated heterocycles. The fraction of sp³-hybridized carbons (Fsp3) is 0.478. The van der Waals surface area contributed by atoms with Crippen LogP contribution in [0.4, 0.5) is 0 Å². The monoisotopic (exact) mass is 538 g/mol. The summed E-state index contributed by atoms with van der Waals surface area (Å²) in [5.74, 6) is 2.11. The molecule has 0 radical (unpaired) electrons. The quantitative estimate of drug-likeness (QED) is 0.366. The lowest BCUT2D eigenvalue weighted by Gasteiger charge is -2.39. The van der Waals surface area contributed by atoms with Crippen molar-refractivity contribution in [2.45, 2.75) is 32.2 Å². The fourth-order valence-corrected chi connectivity index (χ4v) is 5.48. The van der Waals surface area contributed by atoms with E-state index in [-0.39, 0.29) is 29.9 Å². The van der Waals surface area contributed by atoms with Gasteiger partial charge in [-0.15, -0.1) is 35.3 Å². The van der Waals surface area contributed by atoms with E-state index in [1.165, 1.54) is 16.0 Å². The van der Waals surface area contributed by atoms with Gasteiger partial charge in [0.2, 0.25) is 5.91 Å². The second-order valence-electron chi connectivity index (χ2n) is 8.06. The average molecular weight is 538 g/mol. The number of nitrogens with one attached hydrogen (secondary N) is 1. The molecular formula is C23H31IN4OS. The van der Waals surface area contributed by atoms with Gasteiger partial charge in [-0.1, -0.05) is 37.3 Å². The molecule has 2 aliphatic rings. The standard InChI is InChI=1S/C23H30N4OS.HI/c1-17-15-27(11-8-20(17)18-6-4-3-5-7-18)23(24-2)25-14-22(28)26-12-9-21-19(16-26)10-13-29-21;/h3-7,10,13,17,20H,8-9,11-12,14-16H2,1-2H3,(H,24,25);1H. The second-order valence-corrected chi connectivity index (χ2v) is 9.06. The van der Waals surface area contributed by atoms with E-state index < -0.39 is 0 Å². The van der Waals surface area contributed by atoms with Gasteiger partial charge < -0.3 is 15.1 Å². The Bertz CT molecular complexity index is 869. The number of carbonyl (C=O) groups excluding carboxylic acids is 1. The number of rotatable bonds is 3. The Morgan fingerprint density at radius 2 is 2.00 bits per heavy atom. The van der Waals surface area contributed by atoms with Gasteiger partial charge in [0.05, 0.1) is 6.54 Å². The number of piperidine rings is 1. The minimum Gasteiger partial charge on any atom is -0.347 e. The summed E-state index contributed by atoms with van der Waals surface area (Å²) in [5, 5.41) is 5.44. The number of hydrogen-bond donors (Lipinski definition) is 1. The summed E-state index contributed by atoms with van der Waals surface area (Å²) in [4.78, 5) is 22.9. The van der Waals surface area contributed by atoms with Gasteiger partial charge in [0.15, 0.2) is 5.96 Å². The molecule has 1 amide bonds. The molecule has 0 saturated carbocycles. The highest BCUT2D eigenvalue weighted by atomic mass is 127. The number of nitrogens with zero attached hydrogens (tertiary/aromatic N) is 3. The number of thiophene rings is 1. The van der Waals surface area contributed by atoms with Crippen molar-refractivity contribution >= 4 is 47.2 Å². The Kier molecular flexibility index (Phi) is 8.16. The van der Waals surface area contributed by atoms with Gasteiger partial charge in [0.1, 0.15) is 0 Å². The van der Waals surface area contributed by atoms with Crippen molar-refractivity contribution in [3.63, 3.8) is 0 Å². The molecule has 30 heavy (non-hydrogen) atoms. The summed E-state index contributed by atoms with van der Waals surface area (Å²) in [6.45, 7) is 6.08. The molecule has 0 spiro atoms. The summed E-state index contributed by atoms with van der Waals surface area (Å²) in [5.41, 5.74) is 2.73. The van der Waals surface area contributed by atoms with Crippen LogP contribution in [0.25, 0.3) is 0 Å². The van der Waals surface area contributed by atoms with Crippen molar-refractivity contribution in [2.24, 2.45) is 10.9 Å². The number of likely N-dealkylation sites (tertiary alicyclic amines) is 1. The van der Waals surface area contributed by atoms with E-state index in [0.29, 0.717) is 18.4 Å². The number of amides is 1. The lowest BCUT2D eigenvalue weighted by Crippen LogP contribution is -2.50. The van der Waals surface area contributed by atoms with Gasteiger partial charge in [0.25, 0.3) is 0 Å². The normalized spacial score (nSPS) is 21.6. The predicted molar refractivity (Wildman–Crippen MR) is 135 cm³/mol. The minimum atomic E-state index is 0. The van der Waals surface area contributed by atoms with E-state index in [1.807, 2.05) is 4.90 Å². The molecule has 2 atom stereocenters. The zero-order valence-corrected chi connectivity index (χ0v) is 20.9. The number of halogens is 1. The Morgan fingerprint density at radius 1 is 1.20 bits per heavy atom. The average Bonchev–Trinajstić information content (AvgIpc) is 3.22. The first kappa shape index (κ1) is 23.1. The molecule has 2 unspecified atom stereocenters. The molecular weight excluding hydrogens is 507 g/mol. The van der Waals surface area contributed by atoms with Crippen LogP contribution in [-0.2, 0) is 17.8 Å². The van der Waals surface area contributed by atoms with Gasteiger partial charge >= 0.3 is 0 Å². The van der Waals surface area contributed by atoms with Crippen molar-refractivity contribution in [3.8, 4) is 0 Å². The summed E-state index contributed by atoms with van der Waals surface area (Å²) in [6.07, 6.45) is 2.07. The molecule has 162 valence electrons. The smallest absolute Gasteiger partial charge is 0.242 e. The van der Waals surface area contributed by atoms with Crippen LogP contribution < -0.4 is 5.32 Å². The van der Waals surface area contributed by atoms with Gasteiger partial charge in [-0.05, 0) is 47.3 Å². The SMILES string of the molecule is CN=C(NCC(=O)N1CCc2sccc2C1)N1CCC(c2ccccc2)C(C)C1.I. The van der Waals surface area contributed by atoms with Gasteiger partial charge in [-0.3, -0.25) is 9.79 Å². The van der Waals surface area contributed by atoms with E-state index in [1.54, 1.807) is 18.4 Å². The van der Waals surface area contributed by atoms with E-state index in [9.17, 15) is 4.79 Å². The maximum absolute atomic E-state index is 12.7. The zero-order valence-electron chi connectivity index (χ0n) is 17.7. The Balaban J connectivity index is 0.00000256. The van der Waals surface area contributed by atoms with E-state index >= 15 is 0 Å². The lowest BCUT2D eigenvalue weighted by atomic mass is 9.82. The molecule has 5 nitrogen and oxygen atoms in total. The van der Waals surface area contributed by atoms with Crippen LogP contribution in [0.1, 0.15) is 35.3 Å². The van der Waals surface area contributed by atoms with Crippen molar-refractivity contribution in [3.05, 3.63) is 57.8 Å². The Labute approximate surface area is 200 Å². The van der Waals surface area contributed by atoms with Gasteiger partial charge in [-0.25, -0.2) is 0 Å². The third-order valence-corrected chi connectivity index (χ3v) is 7.23. The van der Waals surface area contributed by atoms with Crippen LogP contribution in [0.5, 0.6) is 0 Å². The second kappa shape index (κ2) is 10.6. The van der Waals surface area contributed by atoms with Crippen LogP contribution >= 0.6 is 35.3 Å². The highest BCUT2D eigenvalue weighted by Gasteiger charge is 2.29. The first-order chi connectivity index (χ1) is 14.2. The topological polar surface area (TPSA) is 47.9 Å². The number of carbonyl (C=O) groups is 1. The van der Waals surface area contributed by atoms with E-state index in [2.05, 4.69) is 63.9 Å². The molecule has 7 heteroatoms. The molecule has 2 aromatic rings. The molecule has 2 aliphatic heterocycles. The summed E-state index contributed by atoms with van der Waals surface area (Å²) >= 11 is 1.80. The van der Waals surface area contributed by atoms with Crippen LogP contribution in [-0.4, -0.2) is 54.9 Å². The highest BCUT2D eigenvalue weighted by Crippen LogP contribution is 2.32. The van der Waals surface area contributed by atoms with Crippen LogP contribution in [0.2, 0.25) is 0 Å². The number of benzene rings is 1. The van der Waals surface area contributed by atoms with Crippen molar-refractivity contribution < 1.29 is 4.79 Å². The third-order valence-electron chi connectivity index (χ3n) is 6.20. The maximum atomic E-state index is 12.7. The van der Waals surface area contributed by atoms with E-state index in [4.69, 9.17) is 0 Å². The zero-order chi connectivity index (χ0) is 20.2. The first-order valence-electron chi connectivity index (χ1n) is 10.5. The summed E-state index contributed by atoms with van der Waals surface area (Å²) in [6, 6.07) is 12.9. The molecule has 0 aliphatic carbocycles. The van der Waals surface area contributed by atoms with E-state index in [0.717, 1.165) is 45.0 Å². The lowest BCUT2D eigenvalue weighted by molar-refractivity contribution is -0.130. The van der Waals surface area contributed by atoms with Crippen molar-refractivity contribution in [2.75, 3.05) is 33.2 Å². The minimum absolute atomic E-state index is 0. The number of fused-ring (bicyclic) bond motifs is 1. The van der Waals surface area contributed by atoms with Crippen LogP contribution in [0.3, 0.4) is 0 Å². The first-order valence-corrected chi connectivity index (χ1v) is 11.4. The Hall–Kier alpha value is -1.61. The molecule has 1 N–H and O–H groups in total. The molecule has 4 rings (SSSR count). The number of hydrogen-bond acceptors (Lipinski definition) is 3. The molecule has 1 aromatic heterocycles. The fourth-order valence-electron chi connectivity index (χ4n) is 4.59. The molecule has 0 bridgehead atoms. The van der Waals surface area contributed by atoms with Gasteiger partial charge in [0, 0.05) is 38.1 Å². The van der Waals surface area contributed by atoms with Gasteiger partial charge in [-0.2, -0.15) is 0 Å². The van der Waals surface area contributed by atoms with Crippen molar-refractivity contribution in [1.29, 1.82) is 0 Å². The molecule has 1 fully saturated rings. The molecule has 3 heterocycles. The largest absolute Gasteiger partial charge is 0.347 e. The summed E-state index contributed by atoms with van der Waals surface area (Å²) < 4.78 is 0. The number of aliphatic imine (C=N–C) groups is 1. The number of guanidine groups is 1. The highest BCUT2D eigenvalue weighted by molar-refractivity contribution is 14.0. The predicted octanol–water partition coefficient (Wildman–Crippen LogP) is 3.95.